The Bertz CT molecular complexity index is 972. The molecule has 0 unspecified atom stereocenters. The normalized spacial score (nSPS) is 16.9. The Morgan fingerprint density at radius 1 is 1.25 bits per heavy atom. The number of hydrogen-bond acceptors (Lipinski definition) is 5. The molecule has 0 radical (unpaired) electrons. The van der Waals surface area contributed by atoms with E-state index < -0.39 is 0 Å². The molecule has 1 aliphatic heterocycles. The molecule has 1 N–H and O–H groups in total. The van der Waals surface area contributed by atoms with Crippen molar-refractivity contribution in [3.8, 4) is 5.75 Å². The summed E-state index contributed by atoms with van der Waals surface area (Å²) in [4.78, 5) is 14.8. The third-order valence-corrected chi connectivity index (χ3v) is 5.27. The van der Waals surface area contributed by atoms with Crippen LogP contribution in [0.15, 0.2) is 42.6 Å². The number of ether oxygens (including phenoxy) is 1. The standard InChI is InChI=1S/C20H22ClN5O2/c1-28-17-7-4-14(5-8-17)11-22-19(27)15-3-2-10-25(12-15)20-24-23-18-9-6-16(21)13-26(18)20/h4-9,13,15H,2-3,10-12H2,1H3,(H,22,27)/t15-/m1/s1. The minimum atomic E-state index is -0.0847. The van der Waals surface area contributed by atoms with E-state index in [1.807, 2.05) is 34.7 Å². The van der Waals surface area contributed by atoms with Crippen LogP contribution in [0.25, 0.3) is 5.65 Å². The number of amides is 1. The summed E-state index contributed by atoms with van der Waals surface area (Å²) in [5, 5.41) is 12.2. The topological polar surface area (TPSA) is 71.8 Å². The molecule has 1 atom stereocenters. The van der Waals surface area contributed by atoms with Gasteiger partial charge in [-0.2, -0.15) is 0 Å². The minimum absolute atomic E-state index is 0.0624. The van der Waals surface area contributed by atoms with Gasteiger partial charge in [0.2, 0.25) is 11.9 Å². The highest BCUT2D eigenvalue weighted by Gasteiger charge is 2.28. The lowest BCUT2D eigenvalue weighted by molar-refractivity contribution is -0.125. The van der Waals surface area contributed by atoms with Gasteiger partial charge in [-0.3, -0.25) is 9.20 Å². The number of piperidine rings is 1. The van der Waals surface area contributed by atoms with Gasteiger partial charge in [-0.25, -0.2) is 0 Å². The van der Waals surface area contributed by atoms with Gasteiger partial charge in [0.15, 0.2) is 5.65 Å². The summed E-state index contributed by atoms with van der Waals surface area (Å²) in [5.74, 6) is 1.51. The van der Waals surface area contributed by atoms with Gasteiger partial charge in [0.25, 0.3) is 0 Å². The van der Waals surface area contributed by atoms with E-state index in [2.05, 4.69) is 20.4 Å². The molecule has 4 rings (SSSR count). The first-order chi connectivity index (χ1) is 13.6. The maximum absolute atomic E-state index is 12.7. The van der Waals surface area contributed by atoms with Crippen LogP contribution in [0.1, 0.15) is 18.4 Å². The van der Waals surface area contributed by atoms with Gasteiger partial charge in [0, 0.05) is 25.8 Å². The molecule has 1 fully saturated rings. The number of pyridine rings is 1. The lowest BCUT2D eigenvalue weighted by Gasteiger charge is -2.32. The number of aromatic nitrogens is 3. The lowest BCUT2D eigenvalue weighted by atomic mass is 9.97. The van der Waals surface area contributed by atoms with Crippen molar-refractivity contribution in [2.24, 2.45) is 5.92 Å². The number of methoxy groups -OCH3 is 1. The summed E-state index contributed by atoms with van der Waals surface area (Å²) < 4.78 is 7.04. The summed E-state index contributed by atoms with van der Waals surface area (Å²) in [7, 11) is 1.64. The van der Waals surface area contributed by atoms with Gasteiger partial charge in [-0.1, -0.05) is 23.7 Å². The summed E-state index contributed by atoms with van der Waals surface area (Å²) in [5.41, 5.74) is 1.78. The van der Waals surface area contributed by atoms with Crippen molar-refractivity contribution in [2.45, 2.75) is 19.4 Å². The molecule has 1 aliphatic rings. The van der Waals surface area contributed by atoms with E-state index in [0.29, 0.717) is 18.1 Å². The Morgan fingerprint density at radius 3 is 2.86 bits per heavy atom. The summed E-state index contributed by atoms with van der Waals surface area (Å²) >= 11 is 6.12. The second kappa shape index (κ2) is 8.06. The summed E-state index contributed by atoms with van der Waals surface area (Å²) in [6.45, 7) is 1.96. The maximum Gasteiger partial charge on any atom is 0.231 e. The van der Waals surface area contributed by atoms with Crippen molar-refractivity contribution in [2.75, 3.05) is 25.1 Å². The summed E-state index contributed by atoms with van der Waals surface area (Å²) in [6.07, 6.45) is 3.60. The van der Waals surface area contributed by atoms with Crippen molar-refractivity contribution < 1.29 is 9.53 Å². The molecule has 0 aliphatic carbocycles. The minimum Gasteiger partial charge on any atom is -0.497 e. The van der Waals surface area contributed by atoms with Crippen molar-refractivity contribution in [3.63, 3.8) is 0 Å². The Hall–Kier alpha value is -2.80. The number of fused-ring (bicyclic) bond motifs is 1. The lowest BCUT2D eigenvalue weighted by Crippen LogP contribution is -2.43. The van der Waals surface area contributed by atoms with Gasteiger partial charge in [0.1, 0.15) is 5.75 Å². The first-order valence-corrected chi connectivity index (χ1v) is 9.68. The Morgan fingerprint density at radius 2 is 2.07 bits per heavy atom. The molecule has 8 heteroatoms. The predicted octanol–water partition coefficient (Wildman–Crippen LogP) is 2.92. The van der Waals surface area contributed by atoms with Gasteiger partial charge < -0.3 is 15.0 Å². The van der Waals surface area contributed by atoms with E-state index in [-0.39, 0.29) is 11.8 Å². The molecule has 28 heavy (non-hydrogen) atoms. The summed E-state index contributed by atoms with van der Waals surface area (Å²) in [6, 6.07) is 11.3. The number of carbonyl (C=O) groups is 1. The highest BCUT2D eigenvalue weighted by molar-refractivity contribution is 6.30. The largest absolute Gasteiger partial charge is 0.497 e. The monoisotopic (exact) mass is 399 g/mol. The Balaban J connectivity index is 1.41. The van der Waals surface area contributed by atoms with E-state index in [9.17, 15) is 4.79 Å². The highest BCUT2D eigenvalue weighted by Crippen LogP contribution is 2.24. The molecule has 1 aromatic carbocycles. The second-order valence-corrected chi connectivity index (χ2v) is 7.36. The van der Waals surface area contributed by atoms with E-state index >= 15 is 0 Å². The molecular formula is C20H22ClN5O2. The van der Waals surface area contributed by atoms with Crippen LogP contribution in [-0.2, 0) is 11.3 Å². The third-order valence-electron chi connectivity index (χ3n) is 5.05. The molecule has 0 saturated carbocycles. The van der Waals surface area contributed by atoms with E-state index in [0.717, 1.165) is 42.3 Å². The van der Waals surface area contributed by atoms with Gasteiger partial charge in [-0.15, -0.1) is 10.2 Å². The van der Waals surface area contributed by atoms with E-state index in [4.69, 9.17) is 16.3 Å². The van der Waals surface area contributed by atoms with Crippen LogP contribution in [0.2, 0.25) is 5.02 Å². The average Bonchev–Trinajstić information content (AvgIpc) is 3.15. The fourth-order valence-corrected chi connectivity index (χ4v) is 3.68. The van der Waals surface area contributed by atoms with Crippen LogP contribution >= 0.6 is 11.6 Å². The second-order valence-electron chi connectivity index (χ2n) is 6.93. The van der Waals surface area contributed by atoms with Crippen LogP contribution in [0.5, 0.6) is 5.75 Å². The molecule has 2 aromatic heterocycles. The zero-order valence-electron chi connectivity index (χ0n) is 15.6. The van der Waals surface area contributed by atoms with Crippen LogP contribution in [0.4, 0.5) is 5.95 Å². The molecule has 3 aromatic rings. The number of nitrogens with one attached hydrogen (secondary N) is 1. The predicted molar refractivity (Wildman–Crippen MR) is 108 cm³/mol. The van der Waals surface area contributed by atoms with Gasteiger partial charge >= 0.3 is 0 Å². The quantitative estimate of drug-likeness (QED) is 0.714. The zero-order valence-corrected chi connectivity index (χ0v) is 16.4. The number of hydrogen-bond donors (Lipinski definition) is 1. The Kier molecular flexibility index (Phi) is 5.34. The number of anilines is 1. The average molecular weight is 400 g/mol. The third kappa shape index (κ3) is 3.89. The molecule has 146 valence electrons. The van der Waals surface area contributed by atoms with Gasteiger partial charge in [-0.05, 0) is 42.7 Å². The van der Waals surface area contributed by atoms with Crippen LogP contribution in [0.3, 0.4) is 0 Å². The fourth-order valence-electron chi connectivity index (χ4n) is 3.52. The number of rotatable bonds is 5. The molecule has 0 bridgehead atoms. The zero-order chi connectivity index (χ0) is 19.5. The number of halogens is 1. The SMILES string of the molecule is COc1ccc(CNC(=O)[C@@H]2CCCN(c3nnc4ccc(Cl)cn34)C2)cc1. The van der Waals surface area contributed by atoms with Crippen molar-refractivity contribution >= 4 is 29.1 Å². The number of carbonyl (C=O) groups excluding carboxylic acids is 1. The molecular weight excluding hydrogens is 378 g/mol. The molecule has 1 saturated heterocycles. The van der Waals surface area contributed by atoms with Crippen molar-refractivity contribution in [1.29, 1.82) is 0 Å². The fraction of sp³-hybridized carbons (Fsp3) is 0.350. The number of nitrogens with zero attached hydrogens (tertiary/aromatic N) is 4. The Labute approximate surface area is 168 Å². The molecule has 1 amide bonds. The van der Waals surface area contributed by atoms with E-state index in [1.165, 1.54) is 0 Å². The number of benzene rings is 1. The maximum atomic E-state index is 12.7. The highest BCUT2D eigenvalue weighted by atomic mass is 35.5. The van der Waals surface area contributed by atoms with Crippen molar-refractivity contribution in [1.82, 2.24) is 19.9 Å². The molecule has 0 spiro atoms. The molecule has 7 nitrogen and oxygen atoms in total. The van der Waals surface area contributed by atoms with Gasteiger partial charge in [0.05, 0.1) is 18.1 Å². The first-order valence-electron chi connectivity index (χ1n) is 9.30. The van der Waals surface area contributed by atoms with E-state index in [1.54, 1.807) is 19.4 Å². The molecule has 3 heterocycles. The first kappa shape index (κ1) is 18.6. The van der Waals surface area contributed by atoms with Crippen LogP contribution in [-0.4, -0.2) is 40.7 Å². The van der Waals surface area contributed by atoms with Crippen molar-refractivity contribution in [3.05, 3.63) is 53.2 Å². The van der Waals surface area contributed by atoms with Crippen LogP contribution < -0.4 is 15.0 Å². The van der Waals surface area contributed by atoms with Crippen LogP contribution in [0, 0.1) is 5.92 Å². The smallest absolute Gasteiger partial charge is 0.231 e.